The summed E-state index contributed by atoms with van der Waals surface area (Å²) in [5, 5.41) is 12.3. The molecule has 0 spiro atoms. The zero-order valence-electron chi connectivity index (χ0n) is 10.7. The van der Waals surface area contributed by atoms with Crippen molar-refractivity contribution in [2.45, 2.75) is 63.6 Å². The van der Waals surface area contributed by atoms with E-state index >= 15 is 0 Å². The Hall–Kier alpha value is -0.610. The van der Waals surface area contributed by atoms with E-state index in [9.17, 15) is 4.79 Å². The molecule has 2 unspecified atom stereocenters. The van der Waals surface area contributed by atoms with E-state index in [0.29, 0.717) is 24.5 Å². The number of nitrogens with zero attached hydrogens (tertiary/aromatic N) is 1. The molecule has 0 aromatic carbocycles. The van der Waals surface area contributed by atoms with Gasteiger partial charge in [-0.2, -0.15) is 0 Å². The van der Waals surface area contributed by atoms with Crippen molar-refractivity contribution < 1.29 is 9.90 Å². The lowest BCUT2D eigenvalue weighted by Crippen LogP contribution is -2.58. The third kappa shape index (κ3) is 3.42. The van der Waals surface area contributed by atoms with Crippen LogP contribution in [0.15, 0.2) is 0 Å². The van der Waals surface area contributed by atoms with E-state index in [1.165, 1.54) is 25.7 Å². The van der Waals surface area contributed by atoms with Gasteiger partial charge in [-0.3, -0.25) is 9.69 Å². The topological polar surface area (TPSA) is 52.6 Å². The smallest absolute Gasteiger partial charge is 0.303 e. The second kappa shape index (κ2) is 5.83. The maximum Gasteiger partial charge on any atom is 0.303 e. The van der Waals surface area contributed by atoms with Crippen LogP contribution in [0.1, 0.15) is 45.4 Å². The van der Waals surface area contributed by atoms with Gasteiger partial charge in [0.05, 0.1) is 0 Å². The van der Waals surface area contributed by atoms with Gasteiger partial charge in [0.1, 0.15) is 0 Å². The molecule has 0 aromatic rings. The minimum absolute atomic E-state index is 0.296. The number of nitrogens with one attached hydrogen (secondary N) is 1. The van der Waals surface area contributed by atoms with Crippen LogP contribution in [0.2, 0.25) is 0 Å². The van der Waals surface area contributed by atoms with Crippen molar-refractivity contribution in [1.29, 1.82) is 0 Å². The van der Waals surface area contributed by atoms with Crippen LogP contribution < -0.4 is 5.32 Å². The minimum Gasteiger partial charge on any atom is -0.481 e. The second-order valence-corrected chi connectivity index (χ2v) is 5.53. The van der Waals surface area contributed by atoms with Gasteiger partial charge in [-0.15, -0.1) is 0 Å². The summed E-state index contributed by atoms with van der Waals surface area (Å²) in [7, 11) is 0. The maximum atomic E-state index is 10.7. The second-order valence-electron chi connectivity index (χ2n) is 5.53. The fraction of sp³-hybridized carbons (Fsp3) is 0.923. The molecule has 17 heavy (non-hydrogen) atoms. The molecule has 2 atom stereocenters. The molecular formula is C13H24N2O2. The molecule has 0 bridgehead atoms. The number of aliphatic carboxylic acids is 1. The standard InChI is InChI=1S/C13H24N2O2/c1-10-9-15(11-4-2-3-5-11)12(8-14-10)6-7-13(16)17/h10-12,14H,2-9H2,1H3,(H,16,17). The van der Waals surface area contributed by atoms with E-state index in [2.05, 4.69) is 17.1 Å². The average molecular weight is 240 g/mol. The number of carboxylic acid groups (broad SMARTS) is 1. The molecule has 1 heterocycles. The average Bonchev–Trinajstić information content (AvgIpc) is 2.80. The van der Waals surface area contributed by atoms with Crippen molar-refractivity contribution in [3.05, 3.63) is 0 Å². The Morgan fingerprint density at radius 1 is 1.41 bits per heavy atom. The van der Waals surface area contributed by atoms with Gasteiger partial charge >= 0.3 is 5.97 Å². The number of hydrogen-bond acceptors (Lipinski definition) is 3. The quantitative estimate of drug-likeness (QED) is 0.781. The highest BCUT2D eigenvalue weighted by molar-refractivity contribution is 5.66. The van der Waals surface area contributed by atoms with E-state index in [-0.39, 0.29) is 0 Å². The van der Waals surface area contributed by atoms with Gasteiger partial charge in [0, 0.05) is 37.6 Å². The zero-order chi connectivity index (χ0) is 12.3. The van der Waals surface area contributed by atoms with E-state index in [1.54, 1.807) is 0 Å². The Morgan fingerprint density at radius 2 is 2.12 bits per heavy atom. The fourth-order valence-electron chi connectivity index (χ4n) is 3.23. The summed E-state index contributed by atoms with van der Waals surface area (Å²) in [6.07, 6.45) is 6.37. The van der Waals surface area contributed by atoms with Crippen molar-refractivity contribution in [1.82, 2.24) is 10.2 Å². The van der Waals surface area contributed by atoms with Crippen LogP contribution in [0.25, 0.3) is 0 Å². The highest BCUT2D eigenvalue weighted by Gasteiger charge is 2.32. The van der Waals surface area contributed by atoms with Crippen LogP contribution in [0.5, 0.6) is 0 Å². The van der Waals surface area contributed by atoms with Crippen molar-refractivity contribution >= 4 is 5.97 Å². The summed E-state index contributed by atoms with van der Waals surface area (Å²) in [5.74, 6) is -0.671. The normalized spacial score (nSPS) is 31.8. The zero-order valence-corrected chi connectivity index (χ0v) is 10.7. The molecule has 2 aliphatic rings. The monoisotopic (exact) mass is 240 g/mol. The van der Waals surface area contributed by atoms with Crippen molar-refractivity contribution in [3.8, 4) is 0 Å². The van der Waals surface area contributed by atoms with Gasteiger partial charge in [-0.05, 0) is 26.2 Å². The third-order valence-electron chi connectivity index (χ3n) is 4.14. The molecule has 1 aliphatic heterocycles. The number of hydrogen-bond donors (Lipinski definition) is 2. The summed E-state index contributed by atoms with van der Waals surface area (Å²) in [6.45, 7) is 4.25. The minimum atomic E-state index is -0.671. The molecule has 4 heteroatoms. The van der Waals surface area contributed by atoms with Gasteiger partial charge in [0.25, 0.3) is 0 Å². The van der Waals surface area contributed by atoms with Crippen molar-refractivity contribution in [2.75, 3.05) is 13.1 Å². The summed E-state index contributed by atoms with van der Waals surface area (Å²) in [5.41, 5.74) is 0. The Labute approximate surface area is 103 Å². The first-order chi connectivity index (χ1) is 8.16. The molecule has 1 saturated carbocycles. The summed E-state index contributed by atoms with van der Waals surface area (Å²) < 4.78 is 0. The van der Waals surface area contributed by atoms with Gasteiger partial charge < -0.3 is 10.4 Å². The van der Waals surface area contributed by atoms with Crippen LogP contribution in [-0.4, -0.2) is 47.2 Å². The Morgan fingerprint density at radius 3 is 2.76 bits per heavy atom. The van der Waals surface area contributed by atoms with Gasteiger partial charge in [-0.1, -0.05) is 12.8 Å². The Bertz CT molecular complexity index is 264. The lowest BCUT2D eigenvalue weighted by Gasteiger charge is -2.43. The number of carbonyl (C=O) groups is 1. The molecule has 98 valence electrons. The van der Waals surface area contributed by atoms with Crippen LogP contribution in [-0.2, 0) is 4.79 Å². The van der Waals surface area contributed by atoms with Gasteiger partial charge in [-0.25, -0.2) is 0 Å². The summed E-state index contributed by atoms with van der Waals surface area (Å²) in [6, 6.07) is 1.67. The molecule has 2 N–H and O–H groups in total. The van der Waals surface area contributed by atoms with E-state index in [4.69, 9.17) is 5.11 Å². The van der Waals surface area contributed by atoms with Gasteiger partial charge in [0.2, 0.25) is 0 Å². The molecule has 2 rings (SSSR count). The SMILES string of the molecule is CC1CN(C2CCCC2)C(CCC(=O)O)CN1. The fourth-order valence-corrected chi connectivity index (χ4v) is 3.23. The third-order valence-corrected chi connectivity index (χ3v) is 4.14. The summed E-state index contributed by atoms with van der Waals surface area (Å²) >= 11 is 0. The first kappa shape index (κ1) is 12.8. The molecule has 0 amide bonds. The Kier molecular flexibility index (Phi) is 4.40. The van der Waals surface area contributed by atoms with E-state index < -0.39 is 5.97 Å². The lowest BCUT2D eigenvalue weighted by atomic mass is 10.0. The number of piperazine rings is 1. The molecule has 0 aromatic heterocycles. The number of rotatable bonds is 4. The summed E-state index contributed by atoms with van der Waals surface area (Å²) in [4.78, 5) is 13.3. The van der Waals surface area contributed by atoms with Crippen LogP contribution in [0, 0.1) is 0 Å². The molecule has 1 saturated heterocycles. The maximum absolute atomic E-state index is 10.7. The highest BCUT2D eigenvalue weighted by atomic mass is 16.4. The first-order valence-electron chi connectivity index (χ1n) is 6.87. The van der Waals surface area contributed by atoms with E-state index in [1.807, 2.05) is 0 Å². The Balaban J connectivity index is 1.93. The largest absolute Gasteiger partial charge is 0.481 e. The van der Waals surface area contributed by atoms with Crippen LogP contribution in [0.3, 0.4) is 0 Å². The van der Waals surface area contributed by atoms with E-state index in [0.717, 1.165) is 19.5 Å². The molecule has 1 aliphatic carbocycles. The van der Waals surface area contributed by atoms with Crippen molar-refractivity contribution in [2.24, 2.45) is 0 Å². The predicted molar refractivity (Wildman–Crippen MR) is 67.1 cm³/mol. The lowest BCUT2D eigenvalue weighted by molar-refractivity contribution is -0.137. The first-order valence-corrected chi connectivity index (χ1v) is 6.87. The molecular weight excluding hydrogens is 216 g/mol. The molecule has 0 radical (unpaired) electrons. The molecule has 2 fully saturated rings. The van der Waals surface area contributed by atoms with Crippen LogP contribution >= 0.6 is 0 Å². The van der Waals surface area contributed by atoms with Crippen LogP contribution in [0.4, 0.5) is 0 Å². The van der Waals surface area contributed by atoms with Crippen molar-refractivity contribution in [3.63, 3.8) is 0 Å². The number of carboxylic acids is 1. The highest BCUT2D eigenvalue weighted by Crippen LogP contribution is 2.27. The molecule has 4 nitrogen and oxygen atoms in total. The predicted octanol–water partition coefficient (Wildman–Crippen LogP) is 1.46. The van der Waals surface area contributed by atoms with Gasteiger partial charge in [0.15, 0.2) is 0 Å².